The van der Waals surface area contributed by atoms with E-state index in [4.69, 9.17) is 5.73 Å². The van der Waals surface area contributed by atoms with Gasteiger partial charge < -0.3 is 5.73 Å². The highest BCUT2D eigenvalue weighted by atomic mass is 16.1. The summed E-state index contributed by atoms with van der Waals surface area (Å²) in [6.45, 7) is 5.97. The predicted molar refractivity (Wildman–Crippen MR) is 54.9 cm³/mol. The van der Waals surface area contributed by atoms with E-state index < -0.39 is 0 Å². The Kier molecular flexibility index (Phi) is 2.93. The van der Waals surface area contributed by atoms with E-state index in [1.165, 1.54) is 0 Å². The van der Waals surface area contributed by atoms with Crippen LogP contribution < -0.4 is 5.73 Å². The first-order chi connectivity index (χ1) is 6.43. The minimum Gasteiger partial charge on any atom is -0.370 e. The van der Waals surface area contributed by atoms with Crippen LogP contribution >= 0.6 is 0 Å². The summed E-state index contributed by atoms with van der Waals surface area (Å²) in [5.41, 5.74) is 8.41. The molecule has 78 valence electrons. The van der Waals surface area contributed by atoms with Crippen molar-refractivity contribution in [3.05, 3.63) is 17.0 Å². The Hall–Kier alpha value is -1.32. The van der Waals surface area contributed by atoms with E-state index in [1.54, 1.807) is 0 Å². The van der Waals surface area contributed by atoms with Gasteiger partial charge in [0.2, 0.25) is 5.91 Å². The summed E-state index contributed by atoms with van der Waals surface area (Å²) in [5.74, 6) is -0.110. The molecule has 0 bridgehead atoms. The van der Waals surface area contributed by atoms with Crippen LogP contribution in [0.15, 0.2) is 0 Å². The molecular formula is C10H17N3O. The third kappa shape index (κ3) is 1.95. The van der Waals surface area contributed by atoms with Gasteiger partial charge in [-0.05, 0) is 25.3 Å². The maximum absolute atomic E-state index is 10.8. The molecule has 1 heterocycles. The van der Waals surface area contributed by atoms with Crippen molar-refractivity contribution in [3.63, 3.8) is 0 Å². The molecule has 1 amide bonds. The van der Waals surface area contributed by atoms with Crippen LogP contribution in [0.1, 0.15) is 36.2 Å². The first-order valence-corrected chi connectivity index (χ1v) is 4.72. The van der Waals surface area contributed by atoms with Crippen molar-refractivity contribution in [3.8, 4) is 0 Å². The summed E-state index contributed by atoms with van der Waals surface area (Å²) in [6, 6.07) is 0. The van der Waals surface area contributed by atoms with Crippen LogP contribution in [0.2, 0.25) is 0 Å². The zero-order chi connectivity index (χ0) is 10.9. The lowest BCUT2D eigenvalue weighted by Gasteiger charge is -2.09. The van der Waals surface area contributed by atoms with Crippen LogP contribution in [0, 0.1) is 13.8 Å². The molecule has 0 aliphatic carbocycles. The van der Waals surface area contributed by atoms with Gasteiger partial charge in [-0.3, -0.25) is 9.48 Å². The zero-order valence-corrected chi connectivity index (χ0v) is 9.16. The number of hydrogen-bond acceptors (Lipinski definition) is 2. The van der Waals surface area contributed by atoms with E-state index in [0.717, 1.165) is 17.0 Å². The Bertz CT molecular complexity index is 354. The second-order valence-corrected chi connectivity index (χ2v) is 3.78. The molecule has 1 aromatic heterocycles. The lowest BCUT2D eigenvalue weighted by Crippen LogP contribution is -2.14. The molecule has 0 saturated heterocycles. The van der Waals surface area contributed by atoms with E-state index in [9.17, 15) is 4.79 Å². The minimum absolute atomic E-state index is 0.154. The van der Waals surface area contributed by atoms with Gasteiger partial charge in [-0.2, -0.15) is 5.10 Å². The zero-order valence-electron chi connectivity index (χ0n) is 9.16. The summed E-state index contributed by atoms with van der Waals surface area (Å²) >= 11 is 0. The normalized spacial score (nSPS) is 12.9. The van der Waals surface area contributed by atoms with Gasteiger partial charge >= 0.3 is 0 Å². The average molecular weight is 195 g/mol. The van der Waals surface area contributed by atoms with Crippen molar-refractivity contribution in [2.45, 2.75) is 33.1 Å². The number of nitrogens with zero attached hydrogens (tertiary/aromatic N) is 2. The Labute approximate surface area is 84.1 Å². The van der Waals surface area contributed by atoms with Crippen LogP contribution in [-0.2, 0) is 11.8 Å². The number of carbonyl (C=O) groups excluding carboxylic acids is 1. The molecule has 0 aliphatic heterocycles. The van der Waals surface area contributed by atoms with Gasteiger partial charge in [0.1, 0.15) is 0 Å². The van der Waals surface area contributed by atoms with Crippen LogP contribution in [0.4, 0.5) is 0 Å². The highest BCUT2D eigenvalue weighted by Crippen LogP contribution is 2.24. The predicted octanol–water partition coefficient (Wildman–Crippen LogP) is 1.02. The number of primary amides is 1. The number of nitrogens with two attached hydrogens (primary N) is 1. The molecule has 0 aliphatic rings. The van der Waals surface area contributed by atoms with Crippen molar-refractivity contribution in [2.75, 3.05) is 0 Å². The molecule has 14 heavy (non-hydrogen) atoms. The fraction of sp³-hybridized carbons (Fsp3) is 0.600. The molecule has 4 heteroatoms. The summed E-state index contributed by atoms with van der Waals surface area (Å²) in [5, 5.41) is 4.30. The minimum atomic E-state index is -0.264. The van der Waals surface area contributed by atoms with Gasteiger partial charge in [0.05, 0.1) is 5.69 Å². The van der Waals surface area contributed by atoms with Gasteiger partial charge in [0, 0.05) is 19.2 Å². The Morgan fingerprint density at radius 2 is 2.14 bits per heavy atom. The molecule has 4 nitrogen and oxygen atoms in total. The van der Waals surface area contributed by atoms with Crippen molar-refractivity contribution in [1.82, 2.24) is 9.78 Å². The number of carbonyl (C=O) groups is 1. The number of aromatic nitrogens is 2. The number of hydrogen-bond donors (Lipinski definition) is 1. The molecule has 0 radical (unpaired) electrons. The Morgan fingerprint density at radius 3 is 2.50 bits per heavy atom. The number of rotatable bonds is 3. The molecule has 0 spiro atoms. The molecule has 0 saturated carbocycles. The molecule has 0 fully saturated rings. The van der Waals surface area contributed by atoms with E-state index in [2.05, 4.69) is 5.10 Å². The number of amides is 1. The highest BCUT2D eigenvalue weighted by Gasteiger charge is 2.17. The van der Waals surface area contributed by atoms with Crippen LogP contribution in [0.3, 0.4) is 0 Å². The van der Waals surface area contributed by atoms with E-state index in [-0.39, 0.29) is 11.8 Å². The van der Waals surface area contributed by atoms with Crippen molar-refractivity contribution in [1.29, 1.82) is 0 Å². The molecule has 1 atom stereocenters. The van der Waals surface area contributed by atoms with Crippen molar-refractivity contribution in [2.24, 2.45) is 12.8 Å². The quantitative estimate of drug-likeness (QED) is 0.782. The first kappa shape index (κ1) is 10.8. The summed E-state index contributed by atoms with van der Waals surface area (Å²) in [7, 11) is 1.91. The molecule has 2 N–H and O–H groups in total. The summed E-state index contributed by atoms with van der Waals surface area (Å²) in [4.78, 5) is 10.8. The molecular weight excluding hydrogens is 178 g/mol. The van der Waals surface area contributed by atoms with Crippen molar-refractivity contribution < 1.29 is 4.79 Å². The Morgan fingerprint density at radius 1 is 1.57 bits per heavy atom. The first-order valence-electron chi connectivity index (χ1n) is 4.72. The average Bonchev–Trinajstić information content (AvgIpc) is 2.25. The second kappa shape index (κ2) is 3.82. The lowest BCUT2D eigenvalue weighted by molar-refractivity contribution is -0.118. The van der Waals surface area contributed by atoms with Gasteiger partial charge in [-0.25, -0.2) is 0 Å². The fourth-order valence-electron chi connectivity index (χ4n) is 1.91. The molecule has 1 rings (SSSR count). The van der Waals surface area contributed by atoms with Gasteiger partial charge in [-0.1, -0.05) is 6.92 Å². The molecule has 0 aromatic carbocycles. The van der Waals surface area contributed by atoms with E-state index in [0.29, 0.717) is 6.42 Å². The standard InChI is InChI=1S/C10H17N3O/c1-6(5-9(11)14)10-7(2)12-13(4)8(10)3/h6H,5H2,1-4H3,(H2,11,14). The third-order valence-corrected chi connectivity index (χ3v) is 2.57. The monoisotopic (exact) mass is 195 g/mol. The third-order valence-electron chi connectivity index (χ3n) is 2.57. The largest absolute Gasteiger partial charge is 0.370 e. The second-order valence-electron chi connectivity index (χ2n) is 3.78. The SMILES string of the molecule is Cc1nn(C)c(C)c1C(C)CC(N)=O. The summed E-state index contributed by atoms with van der Waals surface area (Å²) < 4.78 is 1.84. The lowest BCUT2D eigenvalue weighted by atomic mass is 9.96. The van der Waals surface area contributed by atoms with Crippen LogP contribution in [-0.4, -0.2) is 15.7 Å². The topological polar surface area (TPSA) is 60.9 Å². The smallest absolute Gasteiger partial charge is 0.218 e. The van der Waals surface area contributed by atoms with E-state index >= 15 is 0 Å². The van der Waals surface area contributed by atoms with Gasteiger partial charge in [-0.15, -0.1) is 0 Å². The molecule has 1 unspecified atom stereocenters. The Balaban J connectivity index is 2.99. The van der Waals surface area contributed by atoms with Crippen molar-refractivity contribution >= 4 is 5.91 Å². The summed E-state index contributed by atoms with van der Waals surface area (Å²) in [6.07, 6.45) is 0.382. The number of aryl methyl sites for hydroxylation is 2. The van der Waals surface area contributed by atoms with Crippen LogP contribution in [0.5, 0.6) is 0 Å². The fourth-order valence-corrected chi connectivity index (χ4v) is 1.91. The molecule has 1 aromatic rings. The highest BCUT2D eigenvalue weighted by molar-refractivity contribution is 5.74. The van der Waals surface area contributed by atoms with Crippen LogP contribution in [0.25, 0.3) is 0 Å². The van der Waals surface area contributed by atoms with Gasteiger partial charge in [0.25, 0.3) is 0 Å². The van der Waals surface area contributed by atoms with E-state index in [1.807, 2.05) is 32.5 Å². The maximum atomic E-state index is 10.8. The van der Waals surface area contributed by atoms with Gasteiger partial charge in [0.15, 0.2) is 0 Å². The maximum Gasteiger partial charge on any atom is 0.218 e.